The molecule has 1 unspecified atom stereocenters. The fourth-order valence-electron chi connectivity index (χ4n) is 4.32. The van der Waals surface area contributed by atoms with Gasteiger partial charge in [-0.3, -0.25) is 9.59 Å². The number of hydrogen-bond donors (Lipinski definition) is 0. The third-order valence-electron chi connectivity index (χ3n) is 5.82. The van der Waals surface area contributed by atoms with Crippen molar-refractivity contribution in [3.05, 3.63) is 58.3 Å². The van der Waals surface area contributed by atoms with E-state index in [-0.39, 0.29) is 17.9 Å². The highest BCUT2D eigenvalue weighted by atomic mass is 32.1. The van der Waals surface area contributed by atoms with Crippen LogP contribution >= 0.6 is 11.3 Å². The standard InChI is InChI=1S/C22H26N2O2S/c25-21(19-8-4-12-24(19)22(26)20-9-5-15-27-20)23-13-10-18(11-14-23)16-17-6-2-1-3-7-17/h1-3,5-7,9,15,18-19H,4,8,10-14,16H2. The van der Waals surface area contributed by atoms with Crippen LogP contribution in [0.1, 0.15) is 40.9 Å². The van der Waals surface area contributed by atoms with Crippen molar-refractivity contribution < 1.29 is 9.59 Å². The van der Waals surface area contributed by atoms with Crippen molar-refractivity contribution >= 4 is 23.2 Å². The van der Waals surface area contributed by atoms with Gasteiger partial charge in [-0.1, -0.05) is 36.4 Å². The van der Waals surface area contributed by atoms with Gasteiger partial charge in [0.1, 0.15) is 6.04 Å². The largest absolute Gasteiger partial charge is 0.341 e. The lowest BCUT2D eigenvalue weighted by molar-refractivity contribution is -0.136. The predicted molar refractivity (Wildman–Crippen MR) is 108 cm³/mol. The summed E-state index contributed by atoms with van der Waals surface area (Å²) in [5.74, 6) is 0.805. The zero-order valence-corrected chi connectivity index (χ0v) is 16.4. The van der Waals surface area contributed by atoms with Gasteiger partial charge in [0.15, 0.2) is 0 Å². The number of likely N-dealkylation sites (tertiary alicyclic amines) is 2. The van der Waals surface area contributed by atoms with Crippen molar-refractivity contribution in [2.45, 2.75) is 38.1 Å². The normalized spacial score (nSPS) is 20.8. The zero-order valence-electron chi connectivity index (χ0n) is 15.5. The van der Waals surface area contributed by atoms with Gasteiger partial charge in [0.25, 0.3) is 5.91 Å². The highest BCUT2D eigenvalue weighted by molar-refractivity contribution is 7.12. The highest BCUT2D eigenvalue weighted by Crippen LogP contribution is 2.27. The summed E-state index contributed by atoms with van der Waals surface area (Å²) in [6.07, 6.45) is 4.89. The van der Waals surface area contributed by atoms with Crippen molar-refractivity contribution in [2.75, 3.05) is 19.6 Å². The van der Waals surface area contributed by atoms with Gasteiger partial charge in [0.2, 0.25) is 5.91 Å². The van der Waals surface area contributed by atoms with Crippen molar-refractivity contribution in [3.63, 3.8) is 0 Å². The molecule has 2 amide bonds. The van der Waals surface area contributed by atoms with Gasteiger partial charge in [-0.25, -0.2) is 0 Å². The molecule has 2 aliphatic rings. The summed E-state index contributed by atoms with van der Waals surface area (Å²) in [7, 11) is 0. The Kier molecular flexibility index (Phi) is 5.58. The number of nitrogens with zero attached hydrogens (tertiary/aromatic N) is 2. The first-order valence-corrected chi connectivity index (χ1v) is 10.8. The van der Waals surface area contributed by atoms with Crippen LogP contribution in [0.4, 0.5) is 0 Å². The third kappa shape index (κ3) is 4.08. The molecule has 1 atom stereocenters. The summed E-state index contributed by atoms with van der Waals surface area (Å²) in [5, 5.41) is 1.91. The predicted octanol–water partition coefficient (Wildman–Crippen LogP) is 3.83. The van der Waals surface area contributed by atoms with E-state index < -0.39 is 0 Å². The van der Waals surface area contributed by atoms with Crippen molar-refractivity contribution in [1.82, 2.24) is 9.80 Å². The molecule has 0 radical (unpaired) electrons. The van der Waals surface area contributed by atoms with E-state index in [2.05, 4.69) is 30.3 Å². The summed E-state index contributed by atoms with van der Waals surface area (Å²) < 4.78 is 0. The Morgan fingerprint density at radius 2 is 1.74 bits per heavy atom. The fraction of sp³-hybridized carbons (Fsp3) is 0.455. The fourth-order valence-corrected chi connectivity index (χ4v) is 5.00. The second-order valence-electron chi connectivity index (χ2n) is 7.59. The molecule has 1 aromatic heterocycles. The van der Waals surface area contributed by atoms with Crippen LogP contribution in [-0.2, 0) is 11.2 Å². The second kappa shape index (κ2) is 8.26. The van der Waals surface area contributed by atoms with E-state index in [1.165, 1.54) is 16.9 Å². The van der Waals surface area contributed by atoms with Gasteiger partial charge in [-0.15, -0.1) is 11.3 Å². The van der Waals surface area contributed by atoms with Crippen LogP contribution in [0.2, 0.25) is 0 Å². The molecule has 4 rings (SSSR count). The number of carbonyl (C=O) groups is 2. The minimum absolute atomic E-state index is 0.0137. The van der Waals surface area contributed by atoms with Gasteiger partial charge in [0, 0.05) is 19.6 Å². The van der Waals surface area contributed by atoms with Crippen LogP contribution in [-0.4, -0.2) is 47.3 Å². The number of thiophene rings is 1. The number of hydrogen-bond acceptors (Lipinski definition) is 3. The van der Waals surface area contributed by atoms with Crippen LogP contribution < -0.4 is 0 Å². The van der Waals surface area contributed by atoms with Gasteiger partial charge >= 0.3 is 0 Å². The Morgan fingerprint density at radius 1 is 0.963 bits per heavy atom. The molecule has 0 spiro atoms. The van der Waals surface area contributed by atoms with Gasteiger partial charge < -0.3 is 9.80 Å². The monoisotopic (exact) mass is 382 g/mol. The molecule has 0 N–H and O–H groups in total. The molecular formula is C22H26N2O2S. The van der Waals surface area contributed by atoms with Crippen LogP contribution in [0.15, 0.2) is 47.8 Å². The van der Waals surface area contributed by atoms with E-state index in [9.17, 15) is 9.59 Å². The molecule has 0 bridgehead atoms. The molecule has 0 aliphatic carbocycles. The Morgan fingerprint density at radius 3 is 2.44 bits per heavy atom. The van der Waals surface area contributed by atoms with Gasteiger partial charge in [0.05, 0.1) is 4.88 Å². The number of amides is 2. The molecule has 2 fully saturated rings. The summed E-state index contributed by atoms with van der Waals surface area (Å²) in [5.41, 5.74) is 1.38. The van der Waals surface area contributed by atoms with Crippen LogP contribution in [0, 0.1) is 5.92 Å². The van der Waals surface area contributed by atoms with E-state index in [1.54, 1.807) is 4.90 Å². The molecule has 4 nitrogen and oxygen atoms in total. The molecular weight excluding hydrogens is 356 g/mol. The maximum Gasteiger partial charge on any atom is 0.264 e. The van der Waals surface area contributed by atoms with E-state index in [0.29, 0.717) is 12.5 Å². The minimum atomic E-state index is -0.273. The molecule has 2 aliphatic heterocycles. The highest BCUT2D eigenvalue weighted by Gasteiger charge is 2.38. The maximum absolute atomic E-state index is 13.1. The van der Waals surface area contributed by atoms with Crippen molar-refractivity contribution in [1.29, 1.82) is 0 Å². The molecule has 3 heterocycles. The molecule has 1 aromatic carbocycles. The van der Waals surface area contributed by atoms with E-state index in [4.69, 9.17) is 0 Å². The lowest BCUT2D eigenvalue weighted by atomic mass is 9.90. The Bertz CT molecular complexity index is 767. The summed E-state index contributed by atoms with van der Waals surface area (Å²) in [6, 6.07) is 14.1. The second-order valence-corrected chi connectivity index (χ2v) is 8.54. The van der Waals surface area contributed by atoms with Crippen molar-refractivity contribution in [2.24, 2.45) is 5.92 Å². The minimum Gasteiger partial charge on any atom is -0.341 e. The number of rotatable bonds is 4. The number of piperidine rings is 1. The van der Waals surface area contributed by atoms with Crippen molar-refractivity contribution in [3.8, 4) is 0 Å². The van der Waals surface area contributed by atoms with E-state index in [0.717, 1.165) is 50.1 Å². The first-order valence-electron chi connectivity index (χ1n) is 9.89. The Labute approximate surface area is 164 Å². The molecule has 27 heavy (non-hydrogen) atoms. The Balaban J connectivity index is 1.34. The van der Waals surface area contributed by atoms with E-state index >= 15 is 0 Å². The summed E-state index contributed by atoms with van der Waals surface area (Å²) in [4.78, 5) is 30.3. The van der Waals surface area contributed by atoms with Gasteiger partial charge in [-0.05, 0) is 55.0 Å². The summed E-state index contributed by atoms with van der Waals surface area (Å²) >= 11 is 1.45. The molecule has 5 heteroatoms. The van der Waals surface area contributed by atoms with Crippen LogP contribution in [0.25, 0.3) is 0 Å². The lowest BCUT2D eigenvalue weighted by Crippen LogP contribution is -2.50. The topological polar surface area (TPSA) is 40.6 Å². The van der Waals surface area contributed by atoms with Crippen LogP contribution in [0.5, 0.6) is 0 Å². The average molecular weight is 383 g/mol. The molecule has 0 saturated carbocycles. The number of benzene rings is 1. The average Bonchev–Trinajstić information content (AvgIpc) is 3.40. The lowest BCUT2D eigenvalue weighted by Gasteiger charge is -2.35. The van der Waals surface area contributed by atoms with Gasteiger partial charge in [-0.2, -0.15) is 0 Å². The van der Waals surface area contributed by atoms with E-state index in [1.807, 2.05) is 22.4 Å². The SMILES string of the molecule is O=C(C1CCCN1C(=O)c1cccs1)N1CCC(Cc2ccccc2)CC1. The maximum atomic E-state index is 13.1. The quantitative estimate of drug-likeness (QED) is 0.806. The molecule has 2 aromatic rings. The molecule has 2 saturated heterocycles. The van der Waals surface area contributed by atoms with Crippen LogP contribution in [0.3, 0.4) is 0 Å². The third-order valence-corrected chi connectivity index (χ3v) is 6.68. The molecule has 142 valence electrons. The Hall–Kier alpha value is -2.14. The first kappa shape index (κ1) is 18.2. The smallest absolute Gasteiger partial charge is 0.264 e. The summed E-state index contributed by atoms with van der Waals surface area (Å²) in [6.45, 7) is 2.32. The first-order chi connectivity index (χ1) is 13.2. The zero-order chi connectivity index (χ0) is 18.6. The number of carbonyl (C=O) groups excluding carboxylic acids is 2.